The molecule has 0 aromatic carbocycles. The van der Waals surface area contributed by atoms with Crippen molar-refractivity contribution >= 4 is 11.3 Å². The van der Waals surface area contributed by atoms with Crippen LogP contribution in [0.4, 0.5) is 0 Å². The van der Waals surface area contributed by atoms with Crippen LogP contribution in [0.25, 0.3) is 0 Å². The van der Waals surface area contributed by atoms with Crippen LogP contribution in [-0.2, 0) is 4.74 Å². The van der Waals surface area contributed by atoms with Crippen LogP contribution >= 0.6 is 11.3 Å². The molecule has 2 heterocycles. The third-order valence-corrected chi connectivity index (χ3v) is 4.21. The molecule has 0 amide bonds. The molecular formula is C13H20O3S. The molecule has 2 rings (SSSR count). The van der Waals surface area contributed by atoms with Gasteiger partial charge in [-0.05, 0) is 43.6 Å². The van der Waals surface area contributed by atoms with Gasteiger partial charge in [-0.2, -0.15) is 0 Å². The molecule has 1 aliphatic rings. The highest BCUT2D eigenvalue weighted by molar-refractivity contribution is 7.10. The Morgan fingerprint density at radius 3 is 3.24 bits per heavy atom. The number of aliphatic hydroxyl groups is 1. The van der Waals surface area contributed by atoms with Crippen LogP contribution in [0.5, 0.6) is 5.75 Å². The van der Waals surface area contributed by atoms with Crippen molar-refractivity contribution in [2.24, 2.45) is 0 Å². The molecule has 0 aliphatic carbocycles. The molecule has 0 radical (unpaired) electrons. The summed E-state index contributed by atoms with van der Waals surface area (Å²) in [7, 11) is 1.64. The smallest absolute Gasteiger partial charge is 0.135 e. The van der Waals surface area contributed by atoms with Gasteiger partial charge in [0.2, 0.25) is 0 Å². The number of hydrogen-bond acceptors (Lipinski definition) is 4. The normalized spacial score (nSPS) is 21.6. The molecule has 0 bridgehead atoms. The van der Waals surface area contributed by atoms with Crippen LogP contribution in [-0.4, -0.2) is 24.9 Å². The molecule has 1 aliphatic heterocycles. The predicted molar refractivity (Wildman–Crippen MR) is 68.7 cm³/mol. The fourth-order valence-electron chi connectivity index (χ4n) is 2.26. The second-order valence-electron chi connectivity index (χ2n) is 4.43. The van der Waals surface area contributed by atoms with Crippen molar-refractivity contribution in [3.05, 3.63) is 16.3 Å². The van der Waals surface area contributed by atoms with Gasteiger partial charge < -0.3 is 14.6 Å². The van der Waals surface area contributed by atoms with Crippen LogP contribution in [0.3, 0.4) is 0 Å². The van der Waals surface area contributed by atoms with E-state index in [1.165, 1.54) is 12.8 Å². The van der Waals surface area contributed by atoms with Crippen LogP contribution < -0.4 is 4.74 Å². The summed E-state index contributed by atoms with van der Waals surface area (Å²) in [5.74, 6) is 0.805. The number of aliphatic hydroxyl groups excluding tert-OH is 1. The Balaban J connectivity index is 1.74. The summed E-state index contributed by atoms with van der Waals surface area (Å²) < 4.78 is 10.8. The number of hydrogen-bond donors (Lipinski definition) is 1. The van der Waals surface area contributed by atoms with Gasteiger partial charge in [0.25, 0.3) is 0 Å². The van der Waals surface area contributed by atoms with Gasteiger partial charge in [0, 0.05) is 6.61 Å². The van der Waals surface area contributed by atoms with E-state index in [9.17, 15) is 5.11 Å². The van der Waals surface area contributed by atoms with Crippen LogP contribution in [0.15, 0.2) is 11.4 Å². The molecule has 96 valence electrons. The lowest BCUT2D eigenvalue weighted by Crippen LogP contribution is -2.05. The molecule has 0 spiro atoms. The summed E-state index contributed by atoms with van der Waals surface area (Å²) >= 11 is 1.56. The van der Waals surface area contributed by atoms with E-state index >= 15 is 0 Å². The quantitative estimate of drug-likeness (QED) is 0.849. The molecule has 2 unspecified atom stereocenters. The van der Waals surface area contributed by atoms with Crippen LogP contribution in [0, 0.1) is 0 Å². The van der Waals surface area contributed by atoms with E-state index < -0.39 is 6.10 Å². The zero-order valence-electron chi connectivity index (χ0n) is 10.2. The number of methoxy groups -OCH3 is 1. The Morgan fingerprint density at radius 2 is 2.53 bits per heavy atom. The maximum Gasteiger partial charge on any atom is 0.135 e. The first-order chi connectivity index (χ1) is 8.31. The average molecular weight is 256 g/mol. The van der Waals surface area contributed by atoms with Crippen molar-refractivity contribution in [2.45, 2.75) is 44.3 Å². The second-order valence-corrected chi connectivity index (χ2v) is 5.38. The van der Waals surface area contributed by atoms with Gasteiger partial charge in [-0.25, -0.2) is 0 Å². The average Bonchev–Trinajstić information content (AvgIpc) is 2.99. The van der Waals surface area contributed by atoms with Crippen molar-refractivity contribution in [3.8, 4) is 5.75 Å². The monoisotopic (exact) mass is 256 g/mol. The number of thiophene rings is 1. The van der Waals surface area contributed by atoms with Gasteiger partial charge in [-0.15, -0.1) is 11.3 Å². The molecule has 4 heteroatoms. The molecule has 1 aromatic heterocycles. The lowest BCUT2D eigenvalue weighted by atomic mass is 10.1. The first-order valence-electron chi connectivity index (χ1n) is 6.22. The summed E-state index contributed by atoms with van der Waals surface area (Å²) in [6, 6.07) is 1.91. The molecule has 2 atom stereocenters. The van der Waals surface area contributed by atoms with Crippen molar-refractivity contribution in [1.29, 1.82) is 0 Å². The third kappa shape index (κ3) is 3.44. The van der Waals surface area contributed by atoms with Crippen molar-refractivity contribution in [2.75, 3.05) is 13.7 Å². The fourth-order valence-corrected chi connectivity index (χ4v) is 3.14. The summed E-state index contributed by atoms with van der Waals surface area (Å²) in [6.07, 6.45) is 5.25. The van der Waals surface area contributed by atoms with E-state index in [2.05, 4.69) is 0 Å². The SMILES string of the molecule is COc1ccsc1C(O)CCCC1CCCO1. The van der Waals surface area contributed by atoms with Gasteiger partial charge >= 0.3 is 0 Å². The van der Waals surface area contributed by atoms with E-state index in [4.69, 9.17) is 9.47 Å². The Labute approximate surface area is 106 Å². The van der Waals surface area contributed by atoms with E-state index in [1.54, 1.807) is 18.4 Å². The zero-order chi connectivity index (χ0) is 12.1. The topological polar surface area (TPSA) is 38.7 Å². The highest BCUT2D eigenvalue weighted by Crippen LogP contribution is 2.33. The minimum absolute atomic E-state index is 0.397. The molecule has 1 saturated heterocycles. The first-order valence-corrected chi connectivity index (χ1v) is 7.10. The first kappa shape index (κ1) is 12.9. The standard InChI is InChI=1S/C13H20O3S/c1-15-12-7-9-17-13(12)11(14)6-2-4-10-5-3-8-16-10/h7,9-11,14H,2-6,8H2,1H3. The molecule has 1 aromatic rings. The third-order valence-electron chi connectivity index (χ3n) is 3.21. The summed E-state index contributed by atoms with van der Waals surface area (Å²) in [4.78, 5) is 0.944. The second kappa shape index (κ2) is 6.38. The van der Waals surface area contributed by atoms with Crippen molar-refractivity contribution < 1.29 is 14.6 Å². The molecular weight excluding hydrogens is 236 g/mol. The molecule has 17 heavy (non-hydrogen) atoms. The Morgan fingerprint density at radius 1 is 1.65 bits per heavy atom. The van der Waals surface area contributed by atoms with E-state index in [-0.39, 0.29) is 0 Å². The van der Waals surface area contributed by atoms with Crippen LogP contribution in [0.2, 0.25) is 0 Å². The summed E-state index contributed by atoms with van der Waals surface area (Å²) in [6.45, 7) is 0.909. The van der Waals surface area contributed by atoms with Crippen molar-refractivity contribution in [1.82, 2.24) is 0 Å². The van der Waals surface area contributed by atoms with Crippen molar-refractivity contribution in [3.63, 3.8) is 0 Å². The van der Waals surface area contributed by atoms with Gasteiger partial charge in [-0.3, -0.25) is 0 Å². The highest BCUT2D eigenvalue weighted by atomic mass is 32.1. The molecule has 1 N–H and O–H groups in total. The van der Waals surface area contributed by atoms with E-state index in [0.29, 0.717) is 6.10 Å². The van der Waals surface area contributed by atoms with Gasteiger partial charge in [-0.1, -0.05) is 0 Å². The van der Waals surface area contributed by atoms with Gasteiger partial charge in [0.05, 0.1) is 24.2 Å². The lowest BCUT2D eigenvalue weighted by molar-refractivity contribution is 0.0946. The number of rotatable bonds is 6. The molecule has 3 nitrogen and oxygen atoms in total. The minimum atomic E-state index is -0.397. The number of ether oxygens (including phenoxy) is 2. The van der Waals surface area contributed by atoms with E-state index in [1.807, 2.05) is 11.4 Å². The largest absolute Gasteiger partial charge is 0.495 e. The molecule has 0 saturated carbocycles. The lowest BCUT2D eigenvalue weighted by Gasteiger charge is -2.13. The maximum absolute atomic E-state index is 10.1. The Hall–Kier alpha value is -0.580. The van der Waals surface area contributed by atoms with Gasteiger partial charge in [0.15, 0.2) is 0 Å². The predicted octanol–water partition coefficient (Wildman–Crippen LogP) is 3.14. The fraction of sp³-hybridized carbons (Fsp3) is 0.692. The highest BCUT2D eigenvalue weighted by Gasteiger charge is 2.18. The molecule has 1 fully saturated rings. The summed E-state index contributed by atoms with van der Waals surface area (Å²) in [5, 5.41) is 12.0. The Kier molecular flexibility index (Phi) is 4.83. The maximum atomic E-state index is 10.1. The minimum Gasteiger partial charge on any atom is -0.495 e. The zero-order valence-corrected chi connectivity index (χ0v) is 11.0. The Bertz CT molecular complexity index is 331. The van der Waals surface area contributed by atoms with E-state index in [0.717, 1.165) is 36.5 Å². The van der Waals surface area contributed by atoms with Gasteiger partial charge in [0.1, 0.15) is 5.75 Å². The van der Waals surface area contributed by atoms with Crippen LogP contribution in [0.1, 0.15) is 43.1 Å². The summed E-state index contributed by atoms with van der Waals surface area (Å²) in [5.41, 5.74) is 0.